The number of esters is 3. The van der Waals surface area contributed by atoms with Crippen molar-refractivity contribution < 1.29 is 33.3 Å². The number of rotatable bonds is 23. The molecule has 1 saturated carbocycles. The first kappa shape index (κ1) is 44.2. The van der Waals surface area contributed by atoms with Gasteiger partial charge in [-0.15, -0.1) is 0 Å². The van der Waals surface area contributed by atoms with Gasteiger partial charge in [0, 0.05) is 30.2 Å². The predicted molar refractivity (Wildman–Crippen MR) is 225 cm³/mol. The zero-order valence-electron chi connectivity index (χ0n) is 33.9. The summed E-state index contributed by atoms with van der Waals surface area (Å²) in [7, 11) is 0. The summed E-state index contributed by atoms with van der Waals surface area (Å²) in [4.78, 5) is 42.6. The lowest BCUT2D eigenvalue weighted by Gasteiger charge is -2.26. The Morgan fingerprint density at radius 2 is 1.68 bits per heavy atom. The van der Waals surface area contributed by atoms with Gasteiger partial charge in [0.05, 0.1) is 41.3 Å². The maximum atomic E-state index is 13.4. The van der Waals surface area contributed by atoms with Gasteiger partial charge in [0.2, 0.25) is 5.13 Å². The molecule has 0 N–H and O–H groups in total. The van der Waals surface area contributed by atoms with Gasteiger partial charge < -0.3 is 18.9 Å². The number of unbranched alkanes of at least 4 members (excludes halogenated alkanes) is 6. The first-order valence-corrected chi connectivity index (χ1v) is 21.3. The number of carbonyl (C=O) groups excluding carboxylic acids is 3. The number of fused-ring (bicyclic) bond motifs is 1. The second kappa shape index (κ2) is 24.2. The molecule has 4 rings (SSSR count). The molecule has 0 unspecified atom stereocenters. The molecule has 11 heteroatoms. The van der Waals surface area contributed by atoms with E-state index in [4.69, 9.17) is 29.0 Å². The number of thiazole rings is 1. The third kappa shape index (κ3) is 14.9. The normalized spacial score (nSPS) is 17.8. The molecule has 1 fully saturated rings. The average Bonchev–Trinajstić information content (AvgIpc) is 3.65. The van der Waals surface area contributed by atoms with Crippen LogP contribution in [0.1, 0.15) is 124 Å². The molecule has 1 aromatic carbocycles. The summed E-state index contributed by atoms with van der Waals surface area (Å²) in [5.41, 5.74) is 2.01. The number of para-hydroxylation sites is 1. The van der Waals surface area contributed by atoms with Crippen molar-refractivity contribution in [3.63, 3.8) is 0 Å². The zero-order chi connectivity index (χ0) is 40.1. The summed E-state index contributed by atoms with van der Waals surface area (Å²) < 4.78 is 23.9. The van der Waals surface area contributed by atoms with Crippen LogP contribution in [0.15, 0.2) is 88.7 Å². The highest BCUT2D eigenvalue weighted by Gasteiger charge is 2.27. The molecule has 0 saturated heterocycles. The molecule has 0 amide bonds. The van der Waals surface area contributed by atoms with Gasteiger partial charge >= 0.3 is 17.9 Å². The van der Waals surface area contributed by atoms with E-state index in [0.29, 0.717) is 61.2 Å². The van der Waals surface area contributed by atoms with Crippen LogP contribution < -0.4 is 5.01 Å². The Kier molecular flexibility index (Phi) is 19.1. The molecule has 0 spiro atoms. The molecule has 10 nitrogen and oxygen atoms in total. The molecule has 0 radical (unpaired) electrons. The Labute approximate surface area is 337 Å². The lowest BCUT2D eigenvalue weighted by molar-refractivity contribution is -0.145. The van der Waals surface area contributed by atoms with Crippen LogP contribution >= 0.6 is 11.3 Å². The standard InChI is InChI=1S/C45H61N3O7S/c1-6-9-10-15-28-48(45-47-40-18-13-14-19-41(40)56-45)46-32-38(34(5)55-44(51)36-22-20-35(7-2)21-23-36)31-33(4)54-43(50)37-24-26-39(27-25-37)52-29-16-11-12-17-30-53-42(49)8-3/h8,13-14,18-19,24,26,31-32,35-36H,3,6-7,9-12,15-17,20-23,25,27-30H2,1-2,4-5H3/b33-31+,38-34-,46-32+. The van der Waals surface area contributed by atoms with Crippen molar-refractivity contribution in [2.75, 3.05) is 24.8 Å². The number of nitrogens with zero attached hydrogens (tertiary/aromatic N) is 3. The van der Waals surface area contributed by atoms with Crippen LogP contribution in [0.3, 0.4) is 0 Å². The molecule has 56 heavy (non-hydrogen) atoms. The number of anilines is 1. The molecular formula is C45H61N3O7S. The Morgan fingerprint density at radius 1 is 0.929 bits per heavy atom. The second-order valence-electron chi connectivity index (χ2n) is 14.6. The van der Waals surface area contributed by atoms with Gasteiger partial charge in [-0.25, -0.2) is 19.6 Å². The van der Waals surface area contributed by atoms with Gasteiger partial charge in [0.15, 0.2) is 0 Å². The fourth-order valence-electron chi connectivity index (χ4n) is 6.68. The summed E-state index contributed by atoms with van der Waals surface area (Å²) in [6, 6.07) is 8.05. The highest BCUT2D eigenvalue weighted by Crippen LogP contribution is 2.32. The Hall–Kier alpha value is -4.51. The van der Waals surface area contributed by atoms with E-state index >= 15 is 0 Å². The van der Waals surface area contributed by atoms with Crippen LogP contribution in [0.5, 0.6) is 0 Å². The molecule has 304 valence electrons. The highest BCUT2D eigenvalue weighted by molar-refractivity contribution is 7.22. The Bertz CT molecular complexity index is 1730. The van der Waals surface area contributed by atoms with Crippen molar-refractivity contribution in [2.45, 2.75) is 124 Å². The minimum absolute atomic E-state index is 0.132. The summed E-state index contributed by atoms with van der Waals surface area (Å²) in [5, 5.41) is 7.61. The number of hydrogen-bond acceptors (Lipinski definition) is 11. The summed E-state index contributed by atoms with van der Waals surface area (Å²) in [6.45, 7) is 13.0. The van der Waals surface area contributed by atoms with Crippen molar-refractivity contribution in [1.29, 1.82) is 0 Å². The number of benzene rings is 1. The molecule has 2 aliphatic rings. The number of allylic oxidation sites excluding steroid dienone is 7. The molecule has 1 heterocycles. The monoisotopic (exact) mass is 787 g/mol. The fourth-order valence-corrected chi connectivity index (χ4v) is 7.63. The molecule has 0 atom stereocenters. The third-order valence-electron chi connectivity index (χ3n) is 10.2. The number of hydrogen-bond donors (Lipinski definition) is 0. The van der Waals surface area contributed by atoms with Gasteiger partial charge in [-0.05, 0) is 114 Å². The number of ether oxygens (including phenoxy) is 4. The van der Waals surface area contributed by atoms with Crippen LogP contribution in [-0.4, -0.2) is 48.9 Å². The molecule has 2 aromatic rings. The summed E-state index contributed by atoms with van der Waals surface area (Å²) >= 11 is 1.59. The van der Waals surface area contributed by atoms with E-state index in [1.54, 1.807) is 43.6 Å². The van der Waals surface area contributed by atoms with Crippen LogP contribution in [0.4, 0.5) is 5.13 Å². The first-order chi connectivity index (χ1) is 27.2. The SMILES string of the molecule is C=CC(=O)OCCCCCCOC1=CC=C(C(=O)O/C(C)=C/C(/C=N/N(CCCCCC)c2nc3ccccc3s2)=C(\C)OC(=O)C2CCC(CC)CC2)CC1. The van der Waals surface area contributed by atoms with Crippen molar-refractivity contribution in [3.05, 3.63) is 83.6 Å². The third-order valence-corrected chi connectivity index (χ3v) is 11.3. The van der Waals surface area contributed by atoms with Crippen molar-refractivity contribution in [3.8, 4) is 0 Å². The minimum atomic E-state index is -0.433. The quantitative estimate of drug-likeness (QED) is 0.0159. The summed E-state index contributed by atoms with van der Waals surface area (Å²) in [5.74, 6) is 1.08. The molecule has 2 aliphatic carbocycles. The smallest absolute Gasteiger partial charge is 0.339 e. The zero-order valence-corrected chi connectivity index (χ0v) is 34.7. The van der Waals surface area contributed by atoms with Gasteiger partial charge in [0.25, 0.3) is 0 Å². The lowest BCUT2D eigenvalue weighted by atomic mass is 9.81. The van der Waals surface area contributed by atoms with Crippen molar-refractivity contribution in [1.82, 2.24) is 4.98 Å². The predicted octanol–water partition coefficient (Wildman–Crippen LogP) is 11.1. The van der Waals surface area contributed by atoms with E-state index in [1.807, 2.05) is 29.3 Å². The van der Waals surface area contributed by atoms with Crippen molar-refractivity contribution in [2.24, 2.45) is 16.9 Å². The maximum Gasteiger partial charge on any atom is 0.339 e. The van der Waals surface area contributed by atoms with E-state index in [2.05, 4.69) is 26.5 Å². The van der Waals surface area contributed by atoms with E-state index in [1.165, 1.54) is 6.08 Å². The topological polar surface area (TPSA) is 117 Å². The van der Waals surface area contributed by atoms with E-state index in [-0.39, 0.29) is 11.9 Å². The summed E-state index contributed by atoms with van der Waals surface area (Å²) in [6.07, 6.45) is 22.1. The maximum absolute atomic E-state index is 13.4. The average molecular weight is 788 g/mol. The Morgan fingerprint density at radius 3 is 2.38 bits per heavy atom. The largest absolute Gasteiger partial charge is 0.498 e. The van der Waals surface area contributed by atoms with Gasteiger partial charge in [-0.2, -0.15) is 5.10 Å². The van der Waals surface area contributed by atoms with Gasteiger partial charge in [-0.1, -0.05) is 69.6 Å². The minimum Gasteiger partial charge on any atom is -0.498 e. The number of aromatic nitrogens is 1. The van der Waals surface area contributed by atoms with E-state index < -0.39 is 11.9 Å². The van der Waals surface area contributed by atoms with Crippen LogP contribution in [0, 0.1) is 11.8 Å². The highest BCUT2D eigenvalue weighted by atomic mass is 32.1. The molecule has 1 aromatic heterocycles. The second-order valence-corrected chi connectivity index (χ2v) is 15.6. The lowest BCUT2D eigenvalue weighted by Crippen LogP contribution is -2.23. The molecular weight excluding hydrogens is 727 g/mol. The number of hydrazone groups is 1. The van der Waals surface area contributed by atoms with Crippen molar-refractivity contribution >= 4 is 50.8 Å². The number of carbonyl (C=O) groups is 3. The fraction of sp³-hybridized carbons (Fsp3) is 0.533. The Balaban J connectivity index is 1.44. The van der Waals surface area contributed by atoms with E-state index in [0.717, 1.165) is 105 Å². The first-order valence-electron chi connectivity index (χ1n) is 20.5. The molecule has 0 bridgehead atoms. The molecule has 0 aliphatic heterocycles. The van der Waals surface area contributed by atoms with Crippen LogP contribution in [-0.2, 0) is 33.3 Å². The van der Waals surface area contributed by atoms with E-state index in [9.17, 15) is 14.4 Å². The van der Waals surface area contributed by atoms with Crippen LogP contribution in [0.2, 0.25) is 0 Å². The van der Waals surface area contributed by atoms with Crippen LogP contribution in [0.25, 0.3) is 10.2 Å². The van der Waals surface area contributed by atoms with Gasteiger partial charge in [-0.3, -0.25) is 4.79 Å². The van der Waals surface area contributed by atoms with Gasteiger partial charge in [0.1, 0.15) is 11.5 Å².